The molecule has 2 aliphatic heterocycles. The number of carbonyl (C=O) groups is 2. The summed E-state index contributed by atoms with van der Waals surface area (Å²) in [4.78, 5) is 27.3. The maximum absolute atomic E-state index is 11.7. The summed E-state index contributed by atoms with van der Waals surface area (Å²) in [5.74, 6) is 0.0373. The van der Waals surface area contributed by atoms with Crippen molar-refractivity contribution in [3.8, 4) is 0 Å². The van der Waals surface area contributed by atoms with Crippen LogP contribution in [-0.4, -0.2) is 86.4 Å². The molecule has 0 radical (unpaired) electrons. The number of likely N-dealkylation sites (tertiary alicyclic amines) is 2. The Bertz CT molecular complexity index is 456. The number of carbonyl (C=O) groups excluding carboxylic acids is 2. The van der Waals surface area contributed by atoms with Crippen molar-refractivity contribution in [1.29, 1.82) is 0 Å². The molecule has 152 valence electrons. The van der Waals surface area contributed by atoms with E-state index in [9.17, 15) is 14.7 Å². The number of aliphatic hydroxyl groups is 1. The minimum Gasteiger partial charge on any atom is -0.466 e. The van der Waals surface area contributed by atoms with E-state index in [0.29, 0.717) is 32.2 Å². The molecule has 0 aliphatic carbocycles. The van der Waals surface area contributed by atoms with E-state index in [1.165, 1.54) is 0 Å². The lowest BCUT2D eigenvalue weighted by Gasteiger charge is -2.25. The fraction of sp³-hybridized carbons (Fsp3) is 0.895. The van der Waals surface area contributed by atoms with E-state index in [4.69, 9.17) is 9.47 Å². The van der Waals surface area contributed by atoms with Gasteiger partial charge in [-0.2, -0.15) is 0 Å². The van der Waals surface area contributed by atoms with Crippen LogP contribution in [0.2, 0.25) is 0 Å². The number of esters is 2. The number of rotatable bonds is 4. The summed E-state index contributed by atoms with van der Waals surface area (Å²) in [6, 6.07) is 0. The Labute approximate surface area is 157 Å². The van der Waals surface area contributed by atoms with Crippen molar-refractivity contribution in [2.75, 3.05) is 53.5 Å². The van der Waals surface area contributed by atoms with Gasteiger partial charge in [0.15, 0.2) is 0 Å². The standard InChI is InChI=1S/C10H19NO2.C9H17NO3/c1-5-13-9(12)10(3)7-11(4)6-8(10)2;1-4-13-8(12)9(2)6-10(3)5-7(9)11/h8H,5-7H2,1-4H3;7,11H,4-6H2,1-3H3. The smallest absolute Gasteiger partial charge is 0.315 e. The zero-order valence-electron chi connectivity index (χ0n) is 17.4. The first kappa shape index (κ1) is 22.9. The summed E-state index contributed by atoms with van der Waals surface area (Å²) in [5.41, 5.74) is -1.05. The molecule has 2 rings (SSSR count). The molecule has 26 heavy (non-hydrogen) atoms. The van der Waals surface area contributed by atoms with E-state index < -0.39 is 11.5 Å². The fourth-order valence-corrected chi connectivity index (χ4v) is 3.74. The molecule has 2 saturated heterocycles. The van der Waals surface area contributed by atoms with Crippen LogP contribution in [0.4, 0.5) is 0 Å². The SMILES string of the molecule is CCOC(=O)C1(C)CN(C)CC1C.CCOC(=O)C1(C)CN(C)CC1O. The van der Waals surface area contributed by atoms with Gasteiger partial charge in [0.2, 0.25) is 0 Å². The van der Waals surface area contributed by atoms with Crippen LogP contribution in [0.15, 0.2) is 0 Å². The Hall–Kier alpha value is -1.18. The first-order valence-corrected chi connectivity index (χ1v) is 9.40. The van der Waals surface area contributed by atoms with E-state index in [1.807, 2.05) is 32.8 Å². The second-order valence-corrected chi connectivity index (χ2v) is 8.09. The Morgan fingerprint density at radius 1 is 0.962 bits per heavy atom. The van der Waals surface area contributed by atoms with Gasteiger partial charge in [-0.3, -0.25) is 9.59 Å². The predicted octanol–water partition coefficient (Wildman–Crippen LogP) is 0.999. The molecule has 2 aliphatic rings. The van der Waals surface area contributed by atoms with Gasteiger partial charge in [-0.25, -0.2) is 0 Å². The third kappa shape index (κ3) is 4.96. The number of hydrogen-bond acceptors (Lipinski definition) is 7. The van der Waals surface area contributed by atoms with Gasteiger partial charge in [0.25, 0.3) is 0 Å². The quantitative estimate of drug-likeness (QED) is 0.738. The van der Waals surface area contributed by atoms with Crippen molar-refractivity contribution in [2.24, 2.45) is 16.7 Å². The van der Waals surface area contributed by atoms with Crippen LogP contribution in [0.3, 0.4) is 0 Å². The van der Waals surface area contributed by atoms with Crippen molar-refractivity contribution >= 4 is 11.9 Å². The van der Waals surface area contributed by atoms with Crippen molar-refractivity contribution in [3.05, 3.63) is 0 Å². The Morgan fingerprint density at radius 3 is 1.73 bits per heavy atom. The van der Waals surface area contributed by atoms with E-state index >= 15 is 0 Å². The van der Waals surface area contributed by atoms with E-state index in [1.54, 1.807) is 13.8 Å². The number of hydrogen-bond donors (Lipinski definition) is 1. The molecular formula is C19H36N2O5. The molecule has 0 saturated carbocycles. The highest BCUT2D eigenvalue weighted by atomic mass is 16.5. The first-order chi connectivity index (χ1) is 12.0. The molecule has 0 aromatic carbocycles. The molecule has 7 nitrogen and oxygen atoms in total. The van der Waals surface area contributed by atoms with Crippen molar-refractivity contribution in [3.63, 3.8) is 0 Å². The summed E-state index contributed by atoms with van der Waals surface area (Å²) >= 11 is 0. The molecule has 2 heterocycles. The third-order valence-corrected chi connectivity index (χ3v) is 5.57. The number of nitrogens with zero attached hydrogens (tertiary/aromatic N) is 2. The third-order valence-electron chi connectivity index (χ3n) is 5.57. The van der Waals surface area contributed by atoms with Crippen LogP contribution in [-0.2, 0) is 19.1 Å². The lowest BCUT2D eigenvalue weighted by molar-refractivity contribution is -0.158. The highest BCUT2D eigenvalue weighted by Gasteiger charge is 2.48. The zero-order chi connectivity index (χ0) is 20.1. The monoisotopic (exact) mass is 372 g/mol. The molecule has 0 bridgehead atoms. The highest BCUT2D eigenvalue weighted by molar-refractivity contribution is 5.78. The zero-order valence-corrected chi connectivity index (χ0v) is 17.4. The van der Waals surface area contributed by atoms with E-state index in [-0.39, 0.29) is 17.4 Å². The van der Waals surface area contributed by atoms with Gasteiger partial charge < -0.3 is 24.4 Å². The summed E-state index contributed by atoms with van der Waals surface area (Å²) in [6.07, 6.45) is -0.614. The number of β-amino-alcohol motifs (C(OH)–C–C–N with tert-alkyl or cyclic N) is 1. The average molecular weight is 373 g/mol. The van der Waals surface area contributed by atoms with Crippen molar-refractivity contribution in [2.45, 2.75) is 40.7 Å². The molecule has 0 aromatic rings. The molecule has 0 aromatic heterocycles. The van der Waals surface area contributed by atoms with Gasteiger partial charge in [0.05, 0.1) is 24.7 Å². The van der Waals surface area contributed by atoms with Gasteiger partial charge in [-0.05, 0) is 47.7 Å². The second kappa shape index (κ2) is 9.15. The molecule has 0 spiro atoms. The lowest BCUT2D eigenvalue weighted by Crippen LogP contribution is -2.40. The van der Waals surface area contributed by atoms with Crippen LogP contribution in [0.5, 0.6) is 0 Å². The largest absolute Gasteiger partial charge is 0.466 e. The molecule has 2 fully saturated rings. The van der Waals surface area contributed by atoms with E-state index in [2.05, 4.69) is 11.8 Å². The van der Waals surface area contributed by atoms with Gasteiger partial charge >= 0.3 is 11.9 Å². The van der Waals surface area contributed by atoms with Gasteiger partial charge in [-0.15, -0.1) is 0 Å². The molecule has 4 unspecified atom stereocenters. The summed E-state index contributed by atoms with van der Waals surface area (Å²) in [6.45, 7) is 13.2. The van der Waals surface area contributed by atoms with Gasteiger partial charge in [0.1, 0.15) is 5.41 Å². The minimum absolute atomic E-state index is 0.0492. The molecule has 1 N–H and O–H groups in total. The number of aliphatic hydroxyl groups excluding tert-OH is 1. The summed E-state index contributed by atoms with van der Waals surface area (Å²) in [7, 11) is 3.93. The number of ether oxygens (including phenoxy) is 2. The second-order valence-electron chi connectivity index (χ2n) is 8.09. The molecular weight excluding hydrogens is 336 g/mol. The van der Waals surface area contributed by atoms with Crippen LogP contribution in [0.25, 0.3) is 0 Å². The topological polar surface area (TPSA) is 79.3 Å². The van der Waals surface area contributed by atoms with Crippen LogP contribution < -0.4 is 0 Å². The summed E-state index contributed by atoms with van der Waals surface area (Å²) < 4.78 is 10.0. The molecule has 4 atom stereocenters. The van der Waals surface area contributed by atoms with Crippen molar-refractivity contribution in [1.82, 2.24) is 9.80 Å². The van der Waals surface area contributed by atoms with Crippen LogP contribution in [0.1, 0.15) is 34.6 Å². The fourth-order valence-electron chi connectivity index (χ4n) is 3.74. The van der Waals surface area contributed by atoms with Crippen LogP contribution >= 0.6 is 0 Å². The molecule has 7 heteroatoms. The lowest BCUT2D eigenvalue weighted by atomic mass is 9.81. The Kier molecular flexibility index (Phi) is 8.04. The van der Waals surface area contributed by atoms with Gasteiger partial charge in [-0.1, -0.05) is 6.92 Å². The van der Waals surface area contributed by atoms with Crippen LogP contribution in [0, 0.1) is 16.7 Å². The number of likely N-dealkylation sites (N-methyl/N-ethyl adjacent to an activating group) is 1. The van der Waals surface area contributed by atoms with Crippen molar-refractivity contribution < 1.29 is 24.2 Å². The Morgan fingerprint density at radius 2 is 1.38 bits per heavy atom. The normalized spacial score (nSPS) is 34.9. The first-order valence-electron chi connectivity index (χ1n) is 9.40. The Balaban J connectivity index is 0.000000260. The maximum atomic E-state index is 11.7. The van der Waals surface area contributed by atoms with E-state index in [0.717, 1.165) is 13.1 Å². The molecule has 0 amide bonds. The maximum Gasteiger partial charge on any atom is 0.315 e. The minimum atomic E-state index is -0.745. The van der Waals surface area contributed by atoms with Gasteiger partial charge in [0, 0.05) is 26.2 Å². The predicted molar refractivity (Wildman–Crippen MR) is 99.6 cm³/mol. The highest BCUT2D eigenvalue weighted by Crippen LogP contribution is 2.35. The average Bonchev–Trinajstić information content (AvgIpc) is 2.96. The summed E-state index contributed by atoms with van der Waals surface area (Å²) in [5, 5.41) is 9.67.